The molecule has 2 heterocycles. The average Bonchev–Trinajstić information content (AvgIpc) is 2.62. The third kappa shape index (κ3) is 2.56. The maximum atomic E-state index is 8.73. The molecular formula is C12H17N3OS. The number of aryl methyl sites for hydroxylation is 2. The van der Waals surface area contributed by atoms with Gasteiger partial charge in [-0.1, -0.05) is 0 Å². The van der Waals surface area contributed by atoms with Crippen LogP contribution in [0.15, 0.2) is 6.33 Å². The minimum absolute atomic E-state index is 0.247. The number of unbranched alkanes of at least 4 members (excludes halogenated alkanes) is 1. The number of nitrogens with zero attached hydrogens (tertiary/aromatic N) is 2. The Balaban J connectivity index is 2.21. The standard InChI is InChI=1S/C12H17N3OS/c1-8-9(2)17-12-10(8)11(14-7-15-12)13-5-3-4-6-16/h7,16H,3-6H2,1-2H3,(H,13,14,15). The molecule has 2 N–H and O–H groups in total. The molecule has 2 aromatic heterocycles. The number of rotatable bonds is 5. The Morgan fingerprint density at radius 2 is 2.12 bits per heavy atom. The Morgan fingerprint density at radius 1 is 1.29 bits per heavy atom. The summed E-state index contributed by atoms with van der Waals surface area (Å²) >= 11 is 1.71. The lowest BCUT2D eigenvalue weighted by Gasteiger charge is -2.06. The molecule has 0 bridgehead atoms. The second kappa shape index (κ2) is 5.42. The highest BCUT2D eigenvalue weighted by Crippen LogP contribution is 2.32. The second-order valence-electron chi connectivity index (χ2n) is 4.04. The van der Waals surface area contributed by atoms with Gasteiger partial charge in [-0.15, -0.1) is 11.3 Å². The van der Waals surface area contributed by atoms with Gasteiger partial charge in [-0.2, -0.15) is 0 Å². The van der Waals surface area contributed by atoms with Crippen molar-refractivity contribution in [3.05, 3.63) is 16.8 Å². The molecule has 0 amide bonds. The fraction of sp³-hybridized carbons (Fsp3) is 0.500. The third-order valence-electron chi connectivity index (χ3n) is 2.84. The van der Waals surface area contributed by atoms with Gasteiger partial charge in [0.25, 0.3) is 0 Å². The Morgan fingerprint density at radius 3 is 2.88 bits per heavy atom. The fourth-order valence-electron chi connectivity index (χ4n) is 1.76. The predicted octanol–water partition coefficient (Wildman–Crippen LogP) is 2.49. The van der Waals surface area contributed by atoms with Crippen molar-refractivity contribution in [2.24, 2.45) is 0 Å². The lowest BCUT2D eigenvalue weighted by molar-refractivity contribution is 0.286. The lowest BCUT2D eigenvalue weighted by Crippen LogP contribution is -2.04. The van der Waals surface area contributed by atoms with Gasteiger partial charge in [0.05, 0.1) is 5.39 Å². The van der Waals surface area contributed by atoms with Crippen LogP contribution in [0.25, 0.3) is 10.2 Å². The van der Waals surface area contributed by atoms with Crippen molar-refractivity contribution in [3.8, 4) is 0 Å². The number of anilines is 1. The molecule has 0 spiro atoms. The zero-order valence-corrected chi connectivity index (χ0v) is 11.0. The molecule has 0 radical (unpaired) electrons. The molecule has 17 heavy (non-hydrogen) atoms. The quantitative estimate of drug-likeness (QED) is 0.802. The van der Waals surface area contributed by atoms with E-state index in [0.717, 1.165) is 35.4 Å². The highest BCUT2D eigenvalue weighted by atomic mass is 32.1. The number of hydrogen-bond donors (Lipinski definition) is 2. The van der Waals surface area contributed by atoms with Crippen molar-refractivity contribution in [2.75, 3.05) is 18.5 Å². The van der Waals surface area contributed by atoms with Gasteiger partial charge in [0.1, 0.15) is 17.0 Å². The van der Waals surface area contributed by atoms with E-state index in [-0.39, 0.29) is 6.61 Å². The van der Waals surface area contributed by atoms with Crippen LogP contribution in [0.1, 0.15) is 23.3 Å². The first kappa shape index (κ1) is 12.3. The van der Waals surface area contributed by atoms with E-state index in [1.807, 2.05) is 0 Å². The molecule has 0 aliphatic heterocycles. The molecule has 2 rings (SSSR count). The highest BCUT2D eigenvalue weighted by Gasteiger charge is 2.10. The first-order valence-electron chi connectivity index (χ1n) is 5.79. The monoisotopic (exact) mass is 251 g/mol. The van der Waals surface area contributed by atoms with E-state index < -0.39 is 0 Å². The molecule has 0 unspecified atom stereocenters. The summed E-state index contributed by atoms with van der Waals surface area (Å²) in [7, 11) is 0. The van der Waals surface area contributed by atoms with E-state index in [9.17, 15) is 0 Å². The second-order valence-corrected chi connectivity index (χ2v) is 5.25. The van der Waals surface area contributed by atoms with E-state index in [4.69, 9.17) is 5.11 Å². The molecule has 4 nitrogen and oxygen atoms in total. The number of thiophene rings is 1. The van der Waals surface area contributed by atoms with Crippen molar-refractivity contribution in [1.29, 1.82) is 0 Å². The Bertz CT molecular complexity index is 510. The molecule has 0 saturated heterocycles. The first-order chi connectivity index (χ1) is 8.24. The molecule has 0 aromatic carbocycles. The maximum absolute atomic E-state index is 8.73. The van der Waals surface area contributed by atoms with Crippen molar-refractivity contribution < 1.29 is 5.11 Å². The number of fused-ring (bicyclic) bond motifs is 1. The highest BCUT2D eigenvalue weighted by molar-refractivity contribution is 7.18. The smallest absolute Gasteiger partial charge is 0.138 e. The summed E-state index contributed by atoms with van der Waals surface area (Å²) in [5, 5.41) is 13.2. The average molecular weight is 251 g/mol. The molecule has 0 fully saturated rings. The van der Waals surface area contributed by atoms with E-state index in [2.05, 4.69) is 29.1 Å². The van der Waals surface area contributed by atoms with Crippen molar-refractivity contribution in [2.45, 2.75) is 26.7 Å². The summed E-state index contributed by atoms with van der Waals surface area (Å²) in [6, 6.07) is 0. The number of aromatic nitrogens is 2. The van der Waals surface area contributed by atoms with Crippen LogP contribution in [0.2, 0.25) is 0 Å². The maximum Gasteiger partial charge on any atom is 0.138 e. The van der Waals surface area contributed by atoms with Gasteiger partial charge in [-0.25, -0.2) is 9.97 Å². The summed E-state index contributed by atoms with van der Waals surface area (Å²) in [4.78, 5) is 10.9. The predicted molar refractivity (Wildman–Crippen MR) is 71.7 cm³/mol. The molecule has 0 saturated carbocycles. The number of nitrogens with one attached hydrogen (secondary N) is 1. The number of aliphatic hydroxyl groups is 1. The van der Waals surface area contributed by atoms with Gasteiger partial charge in [0, 0.05) is 18.0 Å². The van der Waals surface area contributed by atoms with Crippen LogP contribution in [0, 0.1) is 13.8 Å². The van der Waals surface area contributed by atoms with Crippen LogP contribution in [-0.4, -0.2) is 28.2 Å². The van der Waals surface area contributed by atoms with Gasteiger partial charge < -0.3 is 10.4 Å². The Kier molecular flexibility index (Phi) is 3.91. The normalized spacial score (nSPS) is 11.0. The van der Waals surface area contributed by atoms with E-state index >= 15 is 0 Å². The lowest BCUT2D eigenvalue weighted by atomic mass is 10.2. The third-order valence-corrected chi connectivity index (χ3v) is 3.96. The van der Waals surface area contributed by atoms with Crippen LogP contribution in [0.3, 0.4) is 0 Å². The Hall–Kier alpha value is -1.20. The summed E-state index contributed by atoms with van der Waals surface area (Å²) in [6.45, 7) is 5.30. The van der Waals surface area contributed by atoms with E-state index in [1.54, 1.807) is 17.7 Å². The van der Waals surface area contributed by atoms with Gasteiger partial charge in [0.2, 0.25) is 0 Å². The van der Waals surface area contributed by atoms with Crippen molar-refractivity contribution in [1.82, 2.24) is 9.97 Å². The molecule has 5 heteroatoms. The van der Waals surface area contributed by atoms with Crippen molar-refractivity contribution >= 4 is 27.4 Å². The summed E-state index contributed by atoms with van der Waals surface area (Å²) in [6.07, 6.45) is 3.37. The van der Waals surface area contributed by atoms with Crippen LogP contribution in [-0.2, 0) is 0 Å². The summed E-state index contributed by atoms with van der Waals surface area (Å²) in [5.41, 5.74) is 1.26. The van der Waals surface area contributed by atoms with Crippen LogP contribution in [0.5, 0.6) is 0 Å². The molecule has 0 aliphatic rings. The summed E-state index contributed by atoms with van der Waals surface area (Å²) in [5.74, 6) is 0.912. The molecular weight excluding hydrogens is 234 g/mol. The minimum atomic E-state index is 0.247. The molecule has 0 atom stereocenters. The molecule has 2 aromatic rings. The van der Waals surface area contributed by atoms with Gasteiger partial charge in [-0.05, 0) is 32.3 Å². The fourth-order valence-corrected chi connectivity index (χ4v) is 2.76. The topological polar surface area (TPSA) is 58.0 Å². The summed E-state index contributed by atoms with van der Waals surface area (Å²) < 4.78 is 0. The number of hydrogen-bond acceptors (Lipinski definition) is 5. The Labute approximate surface area is 105 Å². The van der Waals surface area contributed by atoms with Gasteiger partial charge in [0.15, 0.2) is 0 Å². The van der Waals surface area contributed by atoms with Gasteiger partial charge >= 0.3 is 0 Å². The zero-order valence-electron chi connectivity index (χ0n) is 10.2. The first-order valence-corrected chi connectivity index (χ1v) is 6.61. The van der Waals surface area contributed by atoms with Crippen LogP contribution in [0.4, 0.5) is 5.82 Å². The SMILES string of the molecule is Cc1sc2ncnc(NCCCCO)c2c1C. The zero-order chi connectivity index (χ0) is 12.3. The van der Waals surface area contributed by atoms with Crippen LogP contribution >= 0.6 is 11.3 Å². The van der Waals surface area contributed by atoms with E-state index in [0.29, 0.717) is 0 Å². The molecule has 92 valence electrons. The molecule has 0 aliphatic carbocycles. The number of aliphatic hydroxyl groups excluding tert-OH is 1. The van der Waals surface area contributed by atoms with Gasteiger partial charge in [-0.3, -0.25) is 0 Å². The van der Waals surface area contributed by atoms with Crippen LogP contribution < -0.4 is 5.32 Å². The van der Waals surface area contributed by atoms with Crippen molar-refractivity contribution in [3.63, 3.8) is 0 Å². The minimum Gasteiger partial charge on any atom is -0.396 e. The van der Waals surface area contributed by atoms with E-state index in [1.165, 1.54) is 10.4 Å². The largest absolute Gasteiger partial charge is 0.396 e.